The number of aromatic hydroxyl groups is 1. The SMILES string of the molecule is CCCN1C(=O)[C@H]2[C@H](CC=C3[C@H]2C[C@H]2C(=O)N(c4cccc(Cl)c4)C(=O)[C@@]2(c2ccccc2)[C@H]3c2cc(OC(F)(F)F)ccc2O)C1=O. The molecule has 248 valence electrons. The second kappa shape index (κ2) is 11.5. The molecular weight excluding hydrogens is 649 g/mol. The van der Waals surface area contributed by atoms with Crippen LogP contribution in [0.1, 0.15) is 43.2 Å². The quantitative estimate of drug-likeness (QED) is 0.235. The third-order valence-corrected chi connectivity index (χ3v) is 10.5. The highest BCUT2D eigenvalue weighted by Gasteiger charge is 2.70. The van der Waals surface area contributed by atoms with Crippen molar-refractivity contribution in [3.05, 3.63) is 101 Å². The molecule has 0 bridgehead atoms. The van der Waals surface area contributed by atoms with Gasteiger partial charge in [-0.1, -0.05) is 66.6 Å². The van der Waals surface area contributed by atoms with Gasteiger partial charge >= 0.3 is 6.36 Å². The van der Waals surface area contributed by atoms with Crippen molar-refractivity contribution in [1.82, 2.24) is 4.90 Å². The summed E-state index contributed by atoms with van der Waals surface area (Å²) in [5, 5.41) is 11.7. The molecule has 48 heavy (non-hydrogen) atoms. The number of likely N-dealkylation sites (tertiary alicyclic amines) is 1. The number of phenolic OH excluding ortho intramolecular Hbond substituents is 1. The summed E-state index contributed by atoms with van der Waals surface area (Å²) in [5.74, 6) is -7.58. The Labute approximate surface area is 278 Å². The van der Waals surface area contributed by atoms with Crippen molar-refractivity contribution in [2.24, 2.45) is 23.7 Å². The molecule has 3 aromatic carbocycles. The summed E-state index contributed by atoms with van der Waals surface area (Å²) in [5.41, 5.74) is -0.720. The fraction of sp³-hybridized carbons (Fsp3) is 0.333. The molecule has 12 heteroatoms. The first-order valence-corrected chi connectivity index (χ1v) is 16.1. The Balaban J connectivity index is 1.51. The summed E-state index contributed by atoms with van der Waals surface area (Å²) in [6.07, 6.45) is -2.58. The first kappa shape index (κ1) is 31.9. The van der Waals surface area contributed by atoms with E-state index < -0.39 is 64.7 Å². The number of nitrogens with zero attached hydrogens (tertiary/aromatic N) is 2. The van der Waals surface area contributed by atoms with Gasteiger partial charge in [-0.25, -0.2) is 4.90 Å². The van der Waals surface area contributed by atoms with Gasteiger partial charge in [0.2, 0.25) is 23.6 Å². The number of rotatable bonds is 6. The predicted molar refractivity (Wildman–Crippen MR) is 168 cm³/mol. The molecule has 0 radical (unpaired) electrons. The largest absolute Gasteiger partial charge is 0.573 e. The molecule has 7 rings (SSSR count). The third kappa shape index (κ3) is 4.73. The summed E-state index contributed by atoms with van der Waals surface area (Å²) in [6, 6.07) is 17.8. The molecule has 1 N–H and O–H groups in total. The number of allylic oxidation sites excluding steroid dienone is 2. The van der Waals surface area contributed by atoms with Crippen molar-refractivity contribution in [3.63, 3.8) is 0 Å². The van der Waals surface area contributed by atoms with E-state index in [2.05, 4.69) is 4.74 Å². The standard InChI is InChI=1S/C36H30ClF3N2O6/c1-2-15-41-31(44)24-13-12-23-25(29(24)33(41)46)18-27-32(45)42(21-10-6-9-20(37)16-21)34(47)35(27,19-7-4-3-5-8-19)30(23)26-17-22(11-14-28(26)43)48-36(38,39)40/h3-12,14,16-17,24-25,27,29-30,43H,2,13,15,18H2,1H3/t24-,25+,27-,29-,30+,35+/m0/s1. The van der Waals surface area contributed by atoms with Crippen LogP contribution < -0.4 is 9.64 Å². The van der Waals surface area contributed by atoms with Crippen LogP contribution in [0.5, 0.6) is 11.5 Å². The maximum absolute atomic E-state index is 15.2. The summed E-state index contributed by atoms with van der Waals surface area (Å²) >= 11 is 6.30. The summed E-state index contributed by atoms with van der Waals surface area (Å²) < 4.78 is 44.6. The number of anilines is 1. The van der Waals surface area contributed by atoms with E-state index >= 15 is 4.79 Å². The molecule has 2 saturated heterocycles. The van der Waals surface area contributed by atoms with Gasteiger partial charge in [-0.2, -0.15) is 0 Å². The number of ether oxygens (including phenoxy) is 1. The molecule has 0 aromatic heterocycles. The van der Waals surface area contributed by atoms with E-state index in [1.54, 1.807) is 54.6 Å². The van der Waals surface area contributed by atoms with E-state index in [9.17, 15) is 32.7 Å². The Kier molecular flexibility index (Phi) is 7.65. The van der Waals surface area contributed by atoms with Gasteiger partial charge in [0.05, 0.1) is 28.9 Å². The number of hydrogen-bond acceptors (Lipinski definition) is 6. The molecule has 1 saturated carbocycles. The lowest BCUT2D eigenvalue weighted by atomic mass is 9.49. The molecule has 2 heterocycles. The monoisotopic (exact) mass is 678 g/mol. The molecule has 2 aliphatic carbocycles. The normalized spacial score (nSPS) is 28.3. The number of phenols is 1. The van der Waals surface area contributed by atoms with Crippen molar-refractivity contribution in [2.75, 3.05) is 11.4 Å². The highest BCUT2D eigenvalue weighted by Crippen LogP contribution is 2.65. The van der Waals surface area contributed by atoms with Crippen LogP contribution in [0.15, 0.2) is 84.4 Å². The molecule has 4 amide bonds. The summed E-state index contributed by atoms with van der Waals surface area (Å²) in [7, 11) is 0. The van der Waals surface area contributed by atoms with E-state index in [4.69, 9.17) is 11.6 Å². The van der Waals surface area contributed by atoms with Gasteiger partial charge in [0.25, 0.3) is 0 Å². The van der Waals surface area contributed by atoms with Crippen molar-refractivity contribution in [3.8, 4) is 11.5 Å². The van der Waals surface area contributed by atoms with Crippen LogP contribution in [-0.4, -0.2) is 46.5 Å². The Hall–Kier alpha value is -4.64. The number of amides is 4. The number of benzene rings is 3. The van der Waals surface area contributed by atoms with Crippen LogP contribution in [0.2, 0.25) is 5.02 Å². The number of alkyl halides is 3. The minimum atomic E-state index is -5.05. The molecule has 2 aliphatic heterocycles. The van der Waals surface area contributed by atoms with Gasteiger partial charge in [-0.05, 0) is 67.1 Å². The van der Waals surface area contributed by atoms with E-state index in [1.807, 2.05) is 6.92 Å². The second-order valence-electron chi connectivity index (χ2n) is 12.7. The van der Waals surface area contributed by atoms with Crippen molar-refractivity contribution in [1.29, 1.82) is 0 Å². The Morgan fingerprint density at radius 3 is 2.38 bits per heavy atom. The lowest BCUT2D eigenvalue weighted by molar-refractivity contribution is -0.274. The van der Waals surface area contributed by atoms with E-state index in [0.717, 1.165) is 23.1 Å². The van der Waals surface area contributed by atoms with E-state index in [-0.39, 0.29) is 47.5 Å². The molecule has 4 aliphatic rings. The number of imide groups is 2. The van der Waals surface area contributed by atoms with Gasteiger partial charge in [-0.15, -0.1) is 13.2 Å². The van der Waals surface area contributed by atoms with Gasteiger partial charge in [0.15, 0.2) is 0 Å². The van der Waals surface area contributed by atoms with Crippen LogP contribution in [0.3, 0.4) is 0 Å². The molecule has 0 spiro atoms. The average Bonchev–Trinajstić information content (AvgIpc) is 3.42. The van der Waals surface area contributed by atoms with Crippen LogP contribution >= 0.6 is 11.6 Å². The minimum Gasteiger partial charge on any atom is -0.508 e. The van der Waals surface area contributed by atoms with Gasteiger partial charge in [0, 0.05) is 23.0 Å². The number of carbonyl (C=O) groups is 4. The zero-order chi connectivity index (χ0) is 34.1. The average molecular weight is 679 g/mol. The second-order valence-corrected chi connectivity index (χ2v) is 13.1. The maximum Gasteiger partial charge on any atom is 0.573 e. The zero-order valence-electron chi connectivity index (χ0n) is 25.6. The van der Waals surface area contributed by atoms with Gasteiger partial charge in [0.1, 0.15) is 11.5 Å². The lowest BCUT2D eigenvalue weighted by Crippen LogP contribution is -2.53. The topological polar surface area (TPSA) is 104 Å². The highest BCUT2D eigenvalue weighted by molar-refractivity contribution is 6.32. The Morgan fingerprint density at radius 1 is 0.938 bits per heavy atom. The van der Waals surface area contributed by atoms with Gasteiger partial charge in [-0.3, -0.25) is 24.1 Å². The van der Waals surface area contributed by atoms with Crippen molar-refractivity contribution in [2.45, 2.75) is 43.9 Å². The fourth-order valence-electron chi connectivity index (χ4n) is 8.56. The third-order valence-electron chi connectivity index (χ3n) is 10.2. The predicted octanol–water partition coefficient (Wildman–Crippen LogP) is 6.52. The molecule has 6 atom stereocenters. The number of halogens is 4. The smallest absolute Gasteiger partial charge is 0.508 e. The fourth-order valence-corrected chi connectivity index (χ4v) is 8.74. The molecule has 3 aromatic rings. The van der Waals surface area contributed by atoms with Crippen LogP contribution in [0, 0.1) is 23.7 Å². The van der Waals surface area contributed by atoms with Crippen LogP contribution in [-0.2, 0) is 24.6 Å². The Morgan fingerprint density at radius 2 is 1.69 bits per heavy atom. The molecule has 8 nitrogen and oxygen atoms in total. The molecule has 3 fully saturated rings. The van der Waals surface area contributed by atoms with E-state index in [1.165, 1.54) is 11.0 Å². The van der Waals surface area contributed by atoms with Crippen LogP contribution in [0.4, 0.5) is 18.9 Å². The summed E-state index contributed by atoms with van der Waals surface area (Å²) in [4.78, 5) is 59.5. The van der Waals surface area contributed by atoms with Crippen LogP contribution in [0.25, 0.3) is 0 Å². The van der Waals surface area contributed by atoms with Crippen molar-refractivity contribution >= 4 is 40.9 Å². The molecule has 0 unspecified atom stereocenters. The number of hydrogen-bond donors (Lipinski definition) is 1. The minimum absolute atomic E-state index is 0.0124. The lowest BCUT2D eigenvalue weighted by Gasteiger charge is -2.50. The zero-order valence-corrected chi connectivity index (χ0v) is 26.4. The first-order chi connectivity index (χ1) is 22.9. The summed E-state index contributed by atoms with van der Waals surface area (Å²) in [6.45, 7) is 2.08. The van der Waals surface area contributed by atoms with Crippen molar-refractivity contribution < 1.29 is 42.2 Å². The highest BCUT2D eigenvalue weighted by atomic mass is 35.5. The van der Waals surface area contributed by atoms with E-state index in [0.29, 0.717) is 17.6 Å². The number of carbonyl (C=O) groups excluding carboxylic acids is 4. The van der Waals surface area contributed by atoms with Gasteiger partial charge < -0.3 is 9.84 Å². The Bertz CT molecular complexity index is 1880. The maximum atomic E-state index is 15.2. The molecular formula is C36H30ClF3N2O6. The number of fused-ring (bicyclic) bond motifs is 4. The first-order valence-electron chi connectivity index (χ1n) is 15.7.